The molecule has 5 nitrogen and oxygen atoms in total. The van der Waals surface area contributed by atoms with Crippen LogP contribution in [0.3, 0.4) is 0 Å². The highest BCUT2D eigenvalue weighted by molar-refractivity contribution is 6.31. The zero-order chi connectivity index (χ0) is 20.6. The van der Waals surface area contributed by atoms with E-state index in [0.717, 1.165) is 5.56 Å². The van der Waals surface area contributed by atoms with Crippen molar-refractivity contribution in [1.82, 2.24) is 0 Å². The zero-order valence-electron chi connectivity index (χ0n) is 15.9. The molecule has 0 aliphatic heterocycles. The van der Waals surface area contributed by atoms with Gasteiger partial charge in [0.2, 0.25) is 0 Å². The van der Waals surface area contributed by atoms with Gasteiger partial charge in [-0.15, -0.1) is 0 Å². The van der Waals surface area contributed by atoms with Gasteiger partial charge in [-0.1, -0.05) is 48.0 Å². The molecule has 1 amide bonds. The summed E-state index contributed by atoms with van der Waals surface area (Å²) >= 11 is 6.09. The molecular weight excluding hydrogens is 390 g/mol. The van der Waals surface area contributed by atoms with Crippen LogP contribution in [0.2, 0.25) is 5.02 Å². The molecule has 0 spiro atoms. The highest BCUT2D eigenvalue weighted by Crippen LogP contribution is 2.25. The van der Waals surface area contributed by atoms with Crippen molar-refractivity contribution >= 4 is 29.2 Å². The normalized spacial score (nSPS) is 10.3. The minimum atomic E-state index is -0.446. The number of nitrogens with one attached hydrogen (secondary N) is 1. The second-order valence-electron chi connectivity index (χ2n) is 6.17. The van der Waals surface area contributed by atoms with E-state index < -0.39 is 11.9 Å². The first-order valence-electron chi connectivity index (χ1n) is 9.11. The highest BCUT2D eigenvalue weighted by atomic mass is 35.5. The van der Waals surface area contributed by atoms with Crippen molar-refractivity contribution in [3.05, 3.63) is 94.5 Å². The van der Waals surface area contributed by atoms with E-state index in [0.29, 0.717) is 34.2 Å². The van der Waals surface area contributed by atoms with Gasteiger partial charge in [-0.25, -0.2) is 4.79 Å². The number of hydrogen-bond donors (Lipinski definition) is 1. The van der Waals surface area contributed by atoms with Crippen LogP contribution in [-0.2, 0) is 11.3 Å². The Labute approximate surface area is 174 Å². The molecule has 3 aromatic carbocycles. The second-order valence-corrected chi connectivity index (χ2v) is 6.61. The maximum atomic E-state index is 12.8. The molecule has 0 radical (unpaired) electrons. The predicted molar refractivity (Wildman–Crippen MR) is 113 cm³/mol. The molecule has 0 unspecified atom stereocenters. The first-order chi connectivity index (χ1) is 14.1. The third-order valence-corrected chi connectivity index (χ3v) is 4.29. The Kier molecular flexibility index (Phi) is 6.87. The van der Waals surface area contributed by atoms with Crippen LogP contribution < -0.4 is 10.1 Å². The minimum Gasteiger partial charge on any atom is -0.488 e. The highest BCUT2D eigenvalue weighted by Gasteiger charge is 2.15. The van der Waals surface area contributed by atoms with Crippen molar-refractivity contribution in [3.8, 4) is 5.75 Å². The molecule has 6 heteroatoms. The number of halogens is 1. The van der Waals surface area contributed by atoms with Gasteiger partial charge >= 0.3 is 5.97 Å². The summed E-state index contributed by atoms with van der Waals surface area (Å²) in [6.07, 6.45) is 0. The quantitative estimate of drug-likeness (QED) is 0.534. The van der Waals surface area contributed by atoms with E-state index in [2.05, 4.69) is 5.32 Å². The van der Waals surface area contributed by atoms with E-state index in [1.807, 2.05) is 30.3 Å². The van der Waals surface area contributed by atoms with E-state index in [9.17, 15) is 9.59 Å². The number of amides is 1. The van der Waals surface area contributed by atoms with Gasteiger partial charge in [0.15, 0.2) is 0 Å². The third kappa shape index (κ3) is 5.59. The number of carbonyl (C=O) groups is 2. The van der Waals surface area contributed by atoms with Crippen LogP contribution in [0.25, 0.3) is 0 Å². The minimum absolute atomic E-state index is 0.278. The van der Waals surface area contributed by atoms with Gasteiger partial charge in [0.05, 0.1) is 17.7 Å². The van der Waals surface area contributed by atoms with Crippen LogP contribution in [0.4, 0.5) is 5.69 Å². The molecule has 0 fully saturated rings. The Morgan fingerprint density at radius 1 is 0.966 bits per heavy atom. The summed E-state index contributed by atoms with van der Waals surface area (Å²) in [7, 11) is 0. The lowest BCUT2D eigenvalue weighted by molar-refractivity contribution is 0.0526. The Hall–Kier alpha value is -3.31. The van der Waals surface area contributed by atoms with Crippen molar-refractivity contribution < 1.29 is 19.1 Å². The van der Waals surface area contributed by atoms with Gasteiger partial charge in [0, 0.05) is 10.7 Å². The largest absolute Gasteiger partial charge is 0.488 e. The SMILES string of the molecule is CCOC(=O)c1cccc(NC(=O)c2cc(Cl)ccc2OCc2ccccc2)c1. The van der Waals surface area contributed by atoms with Gasteiger partial charge < -0.3 is 14.8 Å². The Morgan fingerprint density at radius 2 is 1.76 bits per heavy atom. The number of esters is 1. The lowest BCUT2D eigenvalue weighted by Crippen LogP contribution is -2.14. The zero-order valence-corrected chi connectivity index (χ0v) is 16.6. The van der Waals surface area contributed by atoms with Crippen LogP contribution in [0.5, 0.6) is 5.75 Å². The molecule has 0 aliphatic carbocycles. The molecule has 0 saturated carbocycles. The summed E-state index contributed by atoms with van der Waals surface area (Å²) in [4.78, 5) is 24.7. The molecule has 0 bridgehead atoms. The van der Waals surface area contributed by atoms with Gasteiger partial charge in [-0.3, -0.25) is 4.79 Å². The first-order valence-corrected chi connectivity index (χ1v) is 9.49. The lowest BCUT2D eigenvalue weighted by atomic mass is 10.1. The number of anilines is 1. The fraction of sp³-hybridized carbons (Fsp3) is 0.130. The number of ether oxygens (including phenoxy) is 2. The topological polar surface area (TPSA) is 64.6 Å². The maximum absolute atomic E-state index is 12.8. The van der Waals surface area contributed by atoms with Gasteiger partial charge in [0.1, 0.15) is 12.4 Å². The first kappa shape index (κ1) is 20.4. The van der Waals surface area contributed by atoms with Gasteiger partial charge in [-0.05, 0) is 48.9 Å². The second kappa shape index (κ2) is 9.75. The van der Waals surface area contributed by atoms with Gasteiger partial charge in [0.25, 0.3) is 5.91 Å². The molecule has 0 atom stereocenters. The number of hydrogen-bond acceptors (Lipinski definition) is 4. The van der Waals surface area contributed by atoms with Crippen molar-refractivity contribution in [2.45, 2.75) is 13.5 Å². The molecule has 0 aromatic heterocycles. The van der Waals surface area contributed by atoms with E-state index >= 15 is 0 Å². The molecule has 148 valence electrons. The van der Waals surface area contributed by atoms with Crippen molar-refractivity contribution in [2.75, 3.05) is 11.9 Å². The van der Waals surface area contributed by atoms with E-state index in [4.69, 9.17) is 21.1 Å². The molecule has 1 N–H and O–H groups in total. The Bertz CT molecular complexity index is 1000. The summed E-state index contributed by atoms with van der Waals surface area (Å²) in [5, 5.41) is 3.20. The average Bonchev–Trinajstić information content (AvgIpc) is 2.74. The summed E-state index contributed by atoms with van der Waals surface area (Å²) in [6, 6.07) is 21.1. The fourth-order valence-corrected chi connectivity index (χ4v) is 2.85. The van der Waals surface area contributed by atoms with Crippen LogP contribution in [-0.4, -0.2) is 18.5 Å². The monoisotopic (exact) mass is 409 g/mol. The van der Waals surface area contributed by atoms with Crippen molar-refractivity contribution in [2.24, 2.45) is 0 Å². The van der Waals surface area contributed by atoms with Crippen LogP contribution in [0.1, 0.15) is 33.2 Å². The van der Waals surface area contributed by atoms with Crippen molar-refractivity contribution in [3.63, 3.8) is 0 Å². The van der Waals surface area contributed by atoms with Crippen LogP contribution >= 0.6 is 11.6 Å². The summed E-state index contributed by atoms with van der Waals surface area (Å²) in [6.45, 7) is 2.33. The molecule has 3 rings (SSSR count). The maximum Gasteiger partial charge on any atom is 0.338 e. The van der Waals surface area contributed by atoms with E-state index in [1.165, 1.54) is 0 Å². The Balaban J connectivity index is 1.77. The molecule has 3 aromatic rings. The number of benzene rings is 3. The molecule has 0 saturated heterocycles. The molecule has 29 heavy (non-hydrogen) atoms. The summed E-state index contributed by atoms with van der Waals surface area (Å²) < 4.78 is 10.8. The van der Waals surface area contributed by atoms with E-state index in [1.54, 1.807) is 49.4 Å². The Morgan fingerprint density at radius 3 is 2.52 bits per heavy atom. The smallest absolute Gasteiger partial charge is 0.338 e. The van der Waals surface area contributed by atoms with Crippen LogP contribution in [0.15, 0.2) is 72.8 Å². The predicted octanol–water partition coefficient (Wildman–Crippen LogP) is 5.35. The number of rotatable bonds is 7. The van der Waals surface area contributed by atoms with Crippen molar-refractivity contribution in [1.29, 1.82) is 0 Å². The molecule has 0 heterocycles. The van der Waals surface area contributed by atoms with Crippen LogP contribution in [0, 0.1) is 0 Å². The molecule has 0 aliphatic rings. The summed E-state index contributed by atoms with van der Waals surface area (Å²) in [5.74, 6) is -0.424. The molecular formula is C23H20ClNO4. The number of carbonyl (C=O) groups excluding carboxylic acids is 2. The lowest BCUT2D eigenvalue weighted by Gasteiger charge is -2.13. The van der Waals surface area contributed by atoms with E-state index in [-0.39, 0.29) is 6.61 Å². The fourth-order valence-electron chi connectivity index (χ4n) is 2.68. The third-order valence-electron chi connectivity index (χ3n) is 4.05. The van der Waals surface area contributed by atoms with Gasteiger partial charge in [-0.2, -0.15) is 0 Å². The summed E-state index contributed by atoms with van der Waals surface area (Å²) in [5.41, 5.74) is 2.11. The standard InChI is InChI=1S/C23H20ClNO4/c1-2-28-23(27)17-9-6-10-19(13-17)25-22(26)20-14-18(24)11-12-21(20)29-15-16-7-4-3-5-8-16/h3-14H,2,15H2,1H3,(H,25,26). The average molecular weight is 410 g/mol.